The van der Waals surface area contributed by atoms with E-state index in [9.17, 15) is 22.4 Å². The number of pyridine rings is 1. The van der Waals surface area contributed by atoms with Crippen LogP contribution < -0.4 is 16.2 Å². The van der Waals surface area contributed by atoms with Crippen molar-refractivity contribution in [3.05, 3.63) is 23.5 Å². The van der Waals surface area contributed by atoms with Crippen molar-refractivity contribution in [2.75, 3.05) is 12.5 Å². The Bertz CT molecular complexity index is 399. The molecule has 0 bridgehead atoms. The molecule has 0 radical (unpaired) electrons. The molecule has 0 aliphatic heterocycles. The van der Waals surface area contributed by atoms with Gasteiger partial charge in [-0.2, -0.15) is 22.5 Å². The van der Waals surface area contributed by atoms with Gasteiger partial charge in [-0.25, -0.2) is 4.79 Å². The summed E-state index contributed by atoms with van der Waals surface area (Å²) in [6.45, 7) is 0. The Morgan fingerprint density at radius 3 is 2.06 bits per heavy atom. The van der Waals surface area contributed by atoms with Gasteiger partial charge in [0.25, 0.3) is 11.9 Å². The van der Waals surface area contributed by atoms with E-state index >= 15 is 0 Å². The lowest BCUT2D eigenvalue weighted by Gasteiger charge is -2.09. The van der Waals surface area contributed by atoms with E-state index in [1.54, 1.807) is 10.9 Å². The summed E-state index contributed by atoms with van der Waals surface area (Å²) in [4.78, 5) is 13.0. The third-order valence-corrected chi connectivity index (χ3v) is 1.53. The number of hydrogen-bond acceptors (Lipinski definition) is 3. The van der Waals surface area contributed by atoms with Gasteiger partial charge in [-0.05, 0) is 0 Å². The monoisotopic (exact) mass is 238 g/mol. The lowest BCUT2D eigenvalue weighted by Crippen LogP contribution is -2.37. The highest BCUT2D eigenvalue weighted by atomic mass is 19.2. The summed E-state index contributed by atoms with van der Waals surface area (Å²) in [5.74, 6) is -7.12. The molecule has 16 heavy (non-hydrogen) atoms. The predicted octanol–water partition coefficient (Wildman–Crippen LogP) is 0.894. The van der Waals surface area contributed by atoms with Crippen molar-refractivity contribution in [1.29, 1.82) is 0 Å². The molecule has 9 heteroatoms. The Labute approximate surface area is 86.8 Å². The van der Waals surface area contributed by atoms with Crippen molar-refractivity contribution in [2.45, 2.75) is 0 Å². The maximum absolute atomic E-state index is 12.9. The number of amides is 2. The maximum Gasteiger partial charge on any atom is 0.333 e. The summed E-state index contributed by atoms with van der Waals surface area (Å²) in [6, 6.07) is -0.851. The standard InChI is InChI=1S/C7H6F4N4O/c1-12-7(16)15-14-4-2(8)5(10)13-6(11)3(4)9/h1H3,(H,13,14)(H2,12,15,16). The van der Waals surface area contributed by atoms with E-state index in [1.807, 2.05) is 5.32 Å². The van der Waals surface area contributed by atoms with E-state index < -0.39 is 35.2 Å². The summed E-state index contributed by atoms with van der Waals surface area (Å²) in [7, 11) is 1.23. The van der Waals surface area contributed by atoms with Crippen LogP contribution in [-0.4, -0.2) is 18.1 Å². The molecule has 5 nitrogen and oxygen atoms in total. The largest absolute Gasteiger partial charge is 0.340 e. The van der Waals surface area contributed by atoms with Crippen LogP contribution in [0.1, 0.15) is 0 Å². The molecule has 0 aliphatic carbocycles. The number of hydrogen-bond donors (Lipinski definition) is 3. The zero-order chi connectivity index (χ0) is 12.3. The van der Waals surface area contributed by atoms with Crippen LogP contribution in [0.25, 0.3) is 0 Å². The van der Waals surface area contributed by atoms with E-state index in [0.29, 0.717) is 0 Å². The first-order valence-corrected chi connectivity index (χ1v) is 3.91. The number of carbonyl (C=O) groups is 1. The molecule has 1 aromatic rings. The fraction of sp³-hybridized carbons (Fsp3) is 0.143. The van der Waals surface area contributed by atoms with E-state index in [1.165, 1.54) is 7.05 Å². The van der Waals surface area contributed by atoms with E-state index in [4.69, 9.17) is 0 Å². The number of carbonyl (C=O) groups excluding carboxylic acids is 1. The molecule has 0 aromatic carbocycles. The molecule has 1 rings (SSSR count). The average Bonchev–Trinajstić information content (AvgIpc) is 2.26. The number of anilines is 1. The molecule has 0 saturated carbocycles. The van der Waals surface area contributed by atoms with Gasteiger partial charge in [0, 0.05) is 7.05 Å². The number of nitrogens with zero attached hydrogens (tertiary/aromatic N) is 1. The molecule has 0 saturated heterocycles. The van der Waals surface area contributed by atoms with Gasteiger partial charge in [0.05, 0.1) is 0 Å². The van der Waals surface area contributed by atoms with Gasteiger partial charge in [-0.3, -0.25) is 10.9 Å². The van der Waals surface area contributed by atoms with Crippen LogP contribution in [-0.2, 0) is 0 Å². The molecule has 0 spiro atoms. The highest BCUT2D eigenvalue weighted by Gasteiger charge is 2.20. The minimum Gasteiger partial charge on any atom is -0.340 e. The quantitative estimate of drug-likeness (QED) is 0.407. The Kier molecular flexibility index (Phi) is 3.48. The SMILES string of the molecule is CNC(=O)NNc1c(F)c(F)nc(F)c1F. The van der Waals surface area contributed by atoms with E-state index in [2.05, 4.69) is 4.98 Å². The van der Waals surface area contributed by atoms with Gasteiger partial charge in [0.2, 0.25) is 11.6 Å². The Balaban J connectivity index is 2.99. The Morgan fingerprint density at radius 2 is 1.62 bits per heavy atom. The van der Waals surface area contributed by atoms with Crippen molar-refractivity contribution in [1.82, 2.24) is 15.7 Å². The fourth-order valence-electron chi connectivity index (χ4n) is 0.778. The van der Waals surface area contributed by atoms with Crippen LogP contribution in [0.5, 0.6) is 0 Å². The smallest absolute Gasteiger partial charge is 0.333 e. The van der Waals surface area contributed by atoms with Crippen LogP contribution in [0.3, 0.4) is 0 Å². The lowest BCUT2D eigenvalue weighted by atomic mass is 10.4. The molecule has 3 N–H and O–H groups in total. The number of hydrazine groups is 1. The molecule has 1 heterocycles. The average molecular weight is 238 g/mol. The summed E-state index contributed by atoms with van der Waals surface area (Å²) >= 11 is 0. The van der Waals surface area contributed by atoms with Crippen LogP contribution >= 0.6 is 0 Å². The van der Waals surface area contributed by atoms with E-state index in [0.717, 1.165) is 0 Å². The van der Waals surface area contributed by atoms with Gasteiger partial charge in [-0.1, -0.05) is 0 Å². The van der Waals surface area contributed by atoms with Crippen LogP contribution in [0.4, 0.5) is 28.0 Å². The number of nitrogens with one attached hydrogen (secondary N) is 3. The first-order chi connectivity index (χ1) is 7.47. The molecule has 0 unspecified atom stereocenters. The first kappa shape index (κ1) is 12.0. The summed E-state index contributed by atoms with van der Waals surface area (Å²) in [5.41, 5.74) is 2.25. The zero-order valence-corrected chi connectivity index (χ0v) is 7.87. The van der Waals surface area contributed by atoms with Crippen LogP contribution in [0.2, 0.25) is 0 Å². The molecular formula is C7H6F4N4O. The van der Waals surface area contributed by atoms with Gasteiger partial charge < -0.3 is 5.32 Å². The number of rotatable bonds is 2. The summed E-state index contributed by atoms with van der Waals surface area (Å²) < 4.78 is 51.0. The predicted molar refractivity (Wildman–Crippen MR) is 45.3 cm³/mol. The van der Waals surface area contributed by atoms with Crippen molar-refractivity contribution in [2.24, 2.45) is 0 Å². The van der Waals surface area contributed by atoms with Gasteiger partial charge in [0.1, 0.15) is 5.69 Å². The van der Waals surface area contributed by atoms with Gasteiger partial charge in [-0.15, -0.1) is 0 Å². The maximum atomic E-state index is 12.9. The van der Waals surface area contributed by atoms with Crippen molar-refractivity contribution in [3.8, 4) is 0 Å². The molecule has 0 fully saturated rings. The zero-order valence-electron chi connectivity index (χ0n) is 7.87. The van der Waals surface area contributed by atoms with E-state index in [-0.39, 0.29) is 0 Å². The number of aromatic nitrogens is 1. The lowest BCUT2D eigenvalue weighted by molar-refractivity contribution is 0.244. The third-order valence-electron chi connectivity index (χ3n) is 1.53. The molecule has 0 aliphatic rings. The van der Waals surface area contributed by atoms with Crippen LogP contribution in [0, 0.1) is 23.5 Å². The third kappa shape index (κ3) is 2.30. The second-order valence-corrected chi connectivity index (χ2v) is 2.53. The fourth-order valence-corrected chi connectivity index (χ4v) is 0.778. The van der Waals surface area contributed by atoms with Crippen molar-refractivity contribution < 1.29 is 22.4 Å². The number of halogens is 4. The van der Waals surface area contributed by atoms with Crippen LogP contribution in [0.15, 0.2) is 0 Å². The van der Waals surface area contributed by atoms with Crippen molar-refractivity contribution in [3.63, 3.8) is 0 Å². The second-order valence-electron chi connectivity index (χ2n) is 2.53. The Hall–Kier alpha value is -2.06. The molecule has 1 aromatic heterocycles. The molecule has 0 atom stereocenters. The highest BCUT2D eigenvalue weighted by Crippen LogP contribution is 2.20. The normalized spacial score (nSPS) is 9.81. The minimum absolute atomic E-state index is 0.851. The highest BCUT2D eigenvalue weighted by molar-refractivity contribution is 5.75. The number of urea groups is 1. The van der Waals surface area contributed by atoms with Crippen molar-refractivity contribution >= 4 is 11.7 Å². The first-order valence-electron chi connectivity index (χ1n) is 3.91. The minimum atomic E-state index is -1.82. The molecule has 88 valence electrons. The Morgan fingerprint density at radius 1 is 1.12 bits per heavy atom. The molecule has 2 amide bonds. The van der Waals surface area contributed by atoms with Gasteiger partial charge >= 0.3 is 6.03 Å². The summed E-state index contributed by atoms with van der Waals surface area (Å²) in [6.07, 6.45) is 0. The second kappa shape index (κ2) is 4.64. The molecular weight excluding hydrogens is 232 g/mol. The van der Waals surface area contributed by atoms with Gasteiger partial charge in [0.15, 0.2) is 0 Å². The topological polar surface area (TPSA) is 66.1 Å². The summed E-state index contributed by atoms with van der Waals surface area (Å²) in [5, 5.41) is 2.04.